The predicted octanol–water partition coefficient (Wildman–Crippen LogP) is 5.65. The average molecular weight is 259 g/mol. The third-order valence-electron chi connectivity index (χ3n) is 3.88. The minimum atomic E-state index is 0.540. The van der Waals surface area contributed by atoms with Crippen molar-refractivity contribution in [2.45, 2.75) is 66.3 Å². The summed E-state index contributed by atoms with van der Waals surface area (Å²) in [4.78, 5) is 2.42. The van der Waals surface area contributed by atoms with Gasteiger partial charge in [-0.1, -0.05) is 46.4 Å². The normalized spacial score (nSPS) is 11.2. The summed E-state index contributed by atoms with van der Waals surface area (Å²) in [7, 11) is 0. The summed E-state index contributed by atoms with van der Waals surface area (Å²) in [6.45, 7) is 17.5. The van der Waals surface area contributed by atoms with Gasteiger partial charge in [0.2, 0.25) is 0 Å². The van der Waals surface area contributed by atoms with Gasteiger partial charge in [-0.2, -0.15) is 0 Å². The van der Waals surface area contributed by atoms with Crippen molar-refractivity contribution in [2.75, 3.05) is 4.90 Å². The average Bonchev–Trinajstić information content (AvgIpc) is 2.36. The summed E-state index contributed by atoms with van der Waals surface area (Å²) in [5.74, 6) is 0.563. The zero-order valence-electron chi connectivity index (χ0n) is 13.5. The van der Waals surface area contributed by atoms with Gasteiger partial charge in [-0.05, 0) is 49.8 Å². The van der Waals surface area contributed by atoms with E-state index in [0.717, 1.165) is 18.5 Å². The van der Waals surface area contributed by atoms with Crippen LogP contribution in [0.1, 0.15) is 64.5 Å². The van der Waals surface area contributed by atoms with Crippen LogP contribution in [0.25, 0.3) is 0 Å². The Morgan fingerprint density at radius 3 is 2.21 bits per heavy atom. The first-order chi connectivity index (χ1) is 8.92. The zero-order valence-corrected chi connectivity index (χ0v) is 13.5. The van der Waals surface area contributed by atoms with Crippen LogP contribution in [0.4, 0.5) is 5.69 Å². The van der Waals surface area contributed by atoms with Crippen LogP contribution in [-0.2, 0) is 0 Å². The van der Waals surface area contributed by atoms with Gasteiger partial charge in [0.15, 0.2) is 0 Å². The molecule has 0 radical (unpaired) electrons. The van der Waals surface area contributed by atoms with Crippen molar-refractivity contribution in [2.24, 2.45) is 0 Å². The van der Waals surface area contributed by atoms with E-state index >= 15 is 0 Å². The van der Waals surface area contributed by atoms with Gasteiger partial charge in [0.1, 0.15) is 0 Å². The van der Waals surface area contributed by atoms with Crippen LogP contribution in [0.2, 0.25) is 0 Å². The highest BCUT2D eigenvalue weighted by atomic mass is 15.2. The molecule has 1 rings (SSSR count). The number of hydrogen-bond acceptors (Lipinski definition) is 1. The molecule has 0 bridgehead atoms. The van der Waals surface area contributed by atoms with Crippen LogP contribution in [0, 0.1) is 6.92 Å². The smallest absolute Gasteiger partial charge is 0.0443 e. The van der Waals surface area contributed by atoms with E-state index in [1.165, 1.54) is 16.8 Å². The first kappa shape index (κ1) is 15.8. The summed E-state index contributed by atoms with van der Waals surface area (Å²) < 4.78 is 0. The van der Waals surface area contributed by atoms with E-state index in [0.29, 0.717) is 12.0 Å². The molecule has 0 saturated carbocycles. The summed E-state index contributed by atoms with van der Waals surface area (Å²) in [6.07, 6.45) is 2.30. The van der Waals surface area contributed by atoms with E-state index < -0.39 is 0 Å². The maximum absolute atomic E-state index is 4.19. The first-order valence-electron chi connectivity index (χ1n) is 7.47. The standard InChI is InChI=1S/C18H29N/c1-8-17(9-2)19(14(5)6)18-12-16(13(3)4)11-10-15(18)7/h10-13,17H,5,8-9H2,1-4,6-7H3. The number of benzene rings is 1. The number of hydrogen-bond donors (Lipinski definition) is 0. The Labute approximate surface area is 119 Å². The van der Waals surface area contributed by atoms with Gasteiger partial charge in [0.05, 0.1) is 0 Å². The lowest BCUT2D eigenvalue weighted by Crippen LogP contribution is -2.33. The number of nitrogens with zero attached hydrogens (tertiary/aromatic N) is 1. The van der Waals surface area contributed by atoms with Crippen molar-refractivity contribution in [1.29, 1.82) is 0 Å². The lowest BCUT2D eigenvalue weighted by molar-refractivity contribution is 0.592. The minimum absolute atomic E-state index is 0.540. The highest BCUT2D eigenvalue weighted by Gasteiger charge is 2.18. The number of rotatable bonds is 6. The largest absolute Gasteiger partial charge is 0.343 e. The summed E-state index contributed by atoms with van der Waals surface area (Å²) >= 11 is 0. The molecule has 0 aliphatic heterocycles. The van der Waals surface area contributed by atoms with Crippen molar-refractivity contribution < 1.29 is 0 Å². The molecule has 19 heavy (non-hydrogen) atoms. The molecule has 0 spiro atoms. The second-order valence-electron chi connectivity index (χ2n) is 5.78. The molecule has 0 fully saturated rings. The van der Waals surface area contributed by atoms with Gasteiger partial charge < -0.3 is 4.90 Å². The van der Waals surface area contributed by atoms with Gasteiger partial charge in [-0.3, -0.25) is 0 Å². The fourth-order valence-corrected chi connectivity index (χ4v) is 2.61. The van der Waals surface area contributed by atoms with E-state index in [2.05, 4.69) is 71.2 Å². The van der Waals surface area contributed by atoms with Gasteiger partial charge in [-0.15, -0.1) is 0 Å². The molecule has 0 aromatic heterocycles. The Balaban J connectivity index is 3.29. The van der Waals surface area contributed by atoms with Crippen molar-refractivity contribution in [3.8, 4) is 0 Å². The zero-order chi connectivity index (χ0) is 14.6. The Morgan fingerprint density at radius 1 is 1.21 bits per heavy atom. The molecule has 0 amide bonds. The monoisotopic (exact) mass is 259 g/mol. The molecule has 0 heterocycles. The van der Waals surface area contributed by atoms with Gasteiger partial charge >= 0.3 is 0 Å². The van der Waals surface area contributed by atoms with Crippen molar-refractivity contribution in [3.63, 3.8) is 0 Å². The van der Waals surface area contributed by atoms with E-state index in [1.807, 2.05) is 0 Å². The van der Waals surface area contributed by atoms with Crippen molar-refractivity contribution in [3.05, 3.63) is 41.6 Å². The number of anilines is 1. The fraction of sp³-hybridized carbons (Fsp3) is 0.556. The molecular weight excluding hydrogens is 230 g/mol. The van der Waals surface area contributed by atoms with Gasteiger partial charge in [-0.25, -0.2) is 0 Å². The summed E-state index contributed by atoms with van der Waals surface area (Å²) in [5, 5.41) is 0. The molecule has 0 saturated heterocycles. The molecule has 0 unspecified atom stereocenters. The minimum Gasteiger partial charge on any atom is -0.343 e. The lowest BCUT2D eigenvalue weighted by Gasteiger charge is -2.34. The van der Waals surface area contributed by atoms with Gasteiger partial charge in [0.25, 0.3) is 0 Å². The second kappa shape index (κ2) is 6.79. The Morgan fingerprint density at radius 2 is 1.79 bits per heavy atom. The van der Waals surface area contributed by atoms with Crippen LogP contribution in [0.15, 0.2) is 30.5 Å². The highest BCUT2D eigenvalue weighted by molar-refractivity contribution is 5.59. The SMILES string of the molecule is C=C(C)N(c1cc(C(C)C)ccc1C)C(CC)CC. The maximum Gasteiger partial charge on any atom is 0.0443 e. The van der Waals surface area contributed by atoms with Crippen LogP contribution in [0.5, 0.6) is 0 Å². The highest BCUT2D eigenvalue weighted by Crippen LogP contribution is 2.30. The molecular formula is C18H29N. The molecule has 0 atom stereocenters. The third kappa shape index (κ3) is 3.62. The quantitative estimate of drug-likeness (QED) is 0.638. The molecule has 1 aromatic carbocycles. The van der Waals surface area contributed by atoms with E-state index in [4.69, 9.17) is 0 Å². The van der Waals surface area contributed by atoms with E-state index in [-0.39, 0.29) is 0 Å². The molecule has 0 aliphatic rings. The topological polar surface area (TPSA) is 3.24 Å². The van der Waals surface area contributed by atoms with E-state index in [9.17, 15) is 0 Å². The Hall–Kier alpha value is -1.24. The van der Waals surface area contributed by atoms with Crippen LogP contribution >= 0.6 is 0 Å². The summed E-state index contributed by atoms with van der Waals surface area (Å²) in [5.41, 5.74) is 5.20. The molecule has 1 nitrogen and oxygen atoms in total. The van der Waals surface area contributed by atoms with E-state index in [1.54, 1.807) is 0 Å². The maximum atomic E-state index is 4.19. The molecule has 106 valence electrons. The Kier molecular flexibility index (Phi) is 5.65. The van der Waals surface area contributed by atoms with Crippen molar-refractivity contribution in [1.82, 2.24) is 0 Å². The first-order valence-corrected chi connectivity index (χ1v) is 7.47. The predicted molar refractivity (Wildman–Crippen MR) is 86.9 cm³/mol. The molecule has 1 aromatic rings. The van der Waals surface area contributed by atoms with Crippen LogP contribution < -0.4 is 4.90 Å². The third-order valence-corrected chi connectivity index (χ3v) is 3.88. The summed E-state index contributed by atoms with van der Waals surface area (Å²) in [6, 6.07) is 7.36. The Bertz CT molecular complexity index is 427. The van der Waals surface area contributed by atoms with Crippen molar-refractivity contribution >= 4 is 5.69 Å². The number of allylic oxidation sites excluding steroid dienone is 1. The van der Waals surface area contributed by atoms with Gasteiger partial charge in [0, 0.05) is 17.4 Å². The number of aryl methyl sites for hydroxylation is 1. The lowest BCUT2D eigenvalue weighted by atomic mass is 9.98. The van der Waals surface area contributed by atoms with Crippen LogP contribution in [0.3, 0.4) is 0 Å². The second-order valence-corrected chi connectivity index (χ2v) is 5.78. The fourth-order valence-electron chi connectivity index (χ4n) is 2.61. The molecule has 0 aliphatic carbocycles. The molecule has 1 heteroatoms. The van der Waals surface area contributed by atoms with Crippen LogP contribution in [-0.4, -0.2) is 6.04 Å². The molecule has 0 N–H and O–H groups in total.